The SMILES string of the molecule is CNCCN(C)C(=O)C1(C)CCCNC1. The molecule has 2 N–H and O–H groups in total. The van der Waals surface area contributed by atoms with Crippen LogP contribution in [0.2, 0.25) is 0 Å². The lowest BCUT2D eigenvalue weighted by Crippen LogP contribution is -2.50. The number of rotatable bonds is 4. The van der Waals surface area contributed by atoms with Gasteiger partial charge in [0.25, 0.3) is 0 Å². The molecule has 0 aromatic heterocycles. The van der Waals surface area contributed by atoms with Crippen LogP contribution in [0.5, 0.6) is 0 Å². The van der Waals surface area contributed by atoms with E-state index in [1.54, 1.807) is 0 Å². The first-order chi connectivity index (χ1) is 7.10. The van der Waals surface area contributed by atoms with Crippen molar-refractivity contribution in [3.8, 4) is 0 Å². The molecule has 0 saturated carbocycles. The molecule has 0 aliphatic carbocycles. The Morgan fingerprint density at radius 1 is 1.60 bits per heavy atom. The van der Waals surface area contributed by atoms with E-state index in [0.717, 1.165) is 39.0 Å². The second-order valence-corrected chi connectivity index (χ2v) is 4.67. The van der Waals surface area contributed by atoms with Gasteiger partial charge in [0, 0.05) is 26.7 Å². The Bertz CT molecular complexity index is 212. The van der Waals surface area contributed by atoms with E-state index < -0.39 is 0 Å². The van der Waals surface area contributed by atoms with Crippen LogP contribution in [-0.2, 0) is 4.79 Å². The maximum absolute atomic E-state index is 12.2. The molecule has 0 aromatic carbocycles. The van der Waals surface area contributed by atoms with Crippen LogP contribution < -0.4 is 10.6 Å². The van der Waals surface area contributed by atoms with Gasteiger partial charge in [-0.15, -0.1) is 0 Å². The van der Waals surface area contributed by atoms with Gasteiger partial charge in [-0.1, -0.05) is 0 Å². The third-order valence-corrected chi connectivity index (χ3v) is 3.16. The van der Waals surface area contributed by atoms with E-state index in [4.69, 9.17) is 0 Å². The minimum absolute atomic E-state index is 0.194. The van der Waals surface area contributed by atoms with E-state index >= 15 is 0 Å². The zero-order chi connectivity index (χ0) is 11.3. The zero-order valence-electron chi connectivity index (χ0n) is 10.1. The standard InChI is InChI=1S/C11H23N3O/c1-11(5-4-6-13-9-11)10(15)14(3)8-7-12-2/h12-13H,4-9H2,1-3H3. The lowest BCUT2D eigenvalue weighted by Gasteiger charge is -2.36. The molecule has 4 heteroatoms. The average Bonchev–Trinajstić information content (AvgIpc) is 2.26. The highest BCUT2D eigenvalue weighted by molar-refractivity contribution is 5.82. The topological polar surface area (TPSA) is 44.4 Å². The number of carbonyl (C=O) groups excluding carboxylic acids is 1. The summed E-state index contributed by atoms with van der Waals surface area (Å²) in [6.07, 6.45) is 2.10. The van der Waals surface area contributed by atoms with Crippen LogP contribution in [0.15, 0.2) is 0 Å². The Morgan fingerprint density at radius 3 is 2.87 bits per heavy atom. The highest BCUT2D eigenvalue weighted by Crippen LogP contribution is 2.27. The summed E-state index contributed by atoms with van der Waals surface area (Å²) in [5, 5.41) is 6.36. The van der Waals surface area contributed by atoms with Crippen LogP contribution in [0.25, 0.3) is 0 Å². The minimum atomic E-state index is -0.194. The minimum Gasteiger partial charge on any atom is -0.344 e. The summed E-state index contributed by atoms with van der Waals surface area (Å²) < 4.78 is 0. The van der Waals surface area contributed by atoms with E-state index in [9.17, 15) is 4.79 Å². The number of hydrogen-bond acceptors (Lipinski definition) is 3. The van der Waals surface area contributed by atoms with Crippen molar-refractivity contribution in [1.82, 2.24) is 15.5 Å². The van der Waals surface area contributed by atoms with Crippen molar-refractivity contribution in [2.75, 3.05) is 40.3 Å². The molecule has 1 rings (SSSR count). The predicted molar refractivity (Wildman–Crippen MR) is 61.8 cm³/mol. The molecule has 0 aromatic rings. The van der Waals surface area contributed by atoms with Gasteiger partial charge in [0.05, 0.1) is 5.41 Å². The Hall–Kier alpha value is -0.610. The molecule has 4 nitrogen and oxygen atoms in total. The zero-order valence-corrected chi connectivity index (χ0v) is 10.1. The Balaban J connectivity index is 2.49. The van der Waals surface area contributed by atoms with Crippen molar-refractivity contribution >= 4 is 5.91 Å². The third-order valence-electron chi connectivity index (χ3n) is 3.16. The second kappa shape index (κ2) is 5.47. The maximum Gasteiger partial charge on any atom is 0.229 e. The van der Waals surface area contributed by atoms with Crippen molar-refractivity contribution in [1.29, 1.82) is 0 Å². The number of carbonyl (C=O) groups is 1. The van der Waals surface area contributed by atoms with E-state index in [0.29, 0.717) is 0 Å². The molecule has 88 valence electrons. The molecule has 0 bridgehead atoms. The van der Waals surface area contributed by atoms with Crippen LogP contribution in [0, 0.1) is 5.41 Å². The lowest BCUT2D eigenvalue weighted by atomic mass is 9.81. The highest BCUT2D eigenvalue weighted by Gasteiger charge is 2.36. The number of nitrogens with zero attached hydrogens (tertiary/aromatic N) is 1. The van der Waals surface area contributed by atoms with Gasteiger partial charge in [0.1, 0.15) is 0 Å². The first kappa shape index (κ1) is 12.5. The number of hydrogen-bond donors (Lipinski definition) is 2. The van der Waals surface area contributed by atoms with Gasteiger partial charge in [0.15, 0.2) is 0 Å². The molecule has 1 saturated heterocycles. The molecule has 1 aliphatic heterocycles. The normalized spacial score (nSPS) is 26.3. The summed E-state index contributed by atoms with van der Waals surface area (Å²) in [6, 6.07) is 0. The van der Waals surface area contributed by atoms with Gasteiger partial charge < -0.3 is 15.5 Å². The molecular formula is C11H23N3O. The van der Waals surface area contributed by atoms with Crippen LogP contribution in [-0.4, -0.2) is 51.1 Å². The van der Waals surface area contributed by atoms with Gasteiger partial charge in [-0.25, -0.2) is 0 Å². The number of likely N-dealkylation sites (N-methyl/N-ethyl adjacent to an activating group) is 2. The van der Waals surface area contributed by atoms with Gasteiger partial charge >= 0.3 is 0 Å². The number of amides is 1. The molecule has 1 aliphatic rings. The summed E-state index contributed by atoms with van der Waals surface area (Å²) in [5.74, 6) is 0.268. The van der Waals surface area contributed by atoms with Crippen molar-refractivity contribution in [3.63, 3.8) is 0 Å². The largest absolute Gasteiger partial charge is 0.344 e. The summed E-state index contributed by atoms with van der Waals surface area (Å²) in [4.78, 5) is 14.0. The quantitative estimate of drug-likeness (QED) is 0.694. The first-order valence-electron chi connectivity index (χ1n) is 5.71. The van der Waals surface area contributed by atoms with Crippen LogP contribution in [0.3, 0.4) is 0 Å². The van der Waals surface area contributed by atoms with Gasteiger partial charge in [-0.2, -0.15) is 0 Å². The van der Waals surface area contributed by atoms with E-state index in [1.165, 1.54) is 0 Å². The van der Waals surface area contributed by atoms with Crippen LogP contribution in [0.1, 0.15) is 19.8 Å². The molecule has 1 unspecified atom stereocenters. The van der Waals surface area contributed by atoms with Crippen molar-refractivity contribution in [3.05, 3.63) is 0 Å². The van der Waals surface area contributed by atoms with Gasteiger partial charge in [-0.05, 0) is 33.4 Å². The third kappa shape index (κ3) is 3.18. The fourth-order valence-electron chi connectivity index (χ4n) is 2.08. The molecule has 1 heterocycles. The highest BCUT2D eigenvalue weighted by atomic mass is 16.2. The lowest BCUT2D eigenvalue weighted by molar-refractivity contribution is -0.140. The fourth-order valence-corrected chi connectivity index (χ4v) is 2.08. The smallest absolute Gasteiger partial charge is 0.229 e. The molecule has 15 heavy (non-hydrogen) atoms. The Morgan fingerprint density at radius 2 is 2.33 bits per heavy atom. The summed E-state index contributed by atoms with van der Waals surface area (Å²) in [6.45, 7) is 5.56. The number of piperidine rings is 1. The molecule has 0 spiro atoms. The van der Waals surface area contributed by atoms with E-state index in [-0.39, 0.29) is 11.3 Å². The second-order valence-electron chi connectivity index (χ2n) is 4.67. The molecule has 1 fully saturated rings. The molecule has 1 amide bonds. The fraction of sp³-hybridized carbons (Fsp3) is 0.909. The monoisotopic (exact) mass is 213 g/mol. The average molecular weight is 213 g/mol. The maximum atomic E-state index is 12.2. The summed E-state index contributed by atoms with van der Waals surface area (Å²) in [5.41, 5.74) is -0.194. The summed E-state index contributed by atoms with van der Waals surface area (Å²) in [7, 11) is 3.79. The summed E-state index contributed by atoms with van der Waals surface area (Å²) >= 11 is 0. The molecule has 1 atom stereocenters. The van der Waals surface area contributed by atoms with Gasteiger partial charge in [0.2, 0.25) is 5.91 Å². The molecular weight excluding hydrogens is 190 g/mol. The van der Waals surface area contributed by atoms with Crippen LogP contribution >= 0.6 is 0 Å². The predicted octanol–water partition coefficient (Wildman–Crippen LogP) is 0.0539. The Kier molecular flexibility index (Phi) is 4.54. The Labute approximate surface area is 92.4 Å². The van der Waals surface area contributed by atoms with Crippen molar-refractivity contribution < 1.29 is 4.79 Å². The number of nitrogens with one attached hydrogen (secondary N) is 2. The first-order valence-corrected chi connectivity index (χ1v) is 5.71. The van der Waals surface area contributed by atoms with Crippen molar-refractivity contribution in [2.45, 2.75) is 19.8 Å². The van der Waals surface area contributed by atoms with Crippen molar-refractivity contribution in [2.24, 2.45) is 5.41 Å². The molecule has 0 radical (unpaired) electrons. The van der Waals surface area contributed by atoms with E-state index in [1.807, 2.05) is 19.0 Å². The van der Waals surface area contributed by atoms with Crippen LogP contribution in [0.4, 0.5) is 0 Å². The van der Waals surface area contributed by atoms with E-state index in [2.05, 4.69) is 17.6 Å². The van der Waals surface area contributed by atoms with Gasteiger partial charge in [-0.3, -0.25) is 4.79 Å².